The standard InChI is InChI=1S/C28H37N3O/c1-20(2)15-25-26-24-17-30-28(25,27(32)29-14-13-21-9-5-3-6-10-21)16-23(24)19-31(26)18-22-11-7-4-8-12-22/h3-12,20,23-26,30H,13-19H2,1-2H3,(H,29,32)/t23-,24-,25+,26+,28+/m1/s1. The number of amides is 1. The van der Waals surface area contributed by atoms with Gasteiger partial charge in [0.05, 0.1) is 0 Å². The molecule has 0 spiro atoms. The Morgan fingerprint density at radius 3 is 2.47 bits per heavy atom. The first-order valence-electron chi connectivity index (χ1n) is 12.4. The van der Waals surface area contributed by atoms with Gasteiger partial charge in [0.2, 0.25) is 5.91 Å². The van der Waals surface area contributed by atoms with Gasteiger partial charge in [-0.1, -0.05) is 74.5 Å². The maximum atomic E-state index is 13.7. The summed E-state index contributed by atoms with van der Waals surface area (Å²) in [5, 5.41) is 7.12. The zero-order valence-corrected chi connectivity index (χ0v) is 19.5. The molecule has 4 bridgehead atoms. The van der Waals surface area contributed by atoms with Crippen molar-refractivity contribution in [2.24, 2.45) is 23.7 Å². The number of benzene rings is 2. The average molecular weight is 432 g/mol. The molecule has 4 heteroatoms. The predicted molar refractivity (Wildman–Crippen MR) is 129 cm³/mol. The summed E-state index contributed by atoms with van der Waals surface area (Å²) in [5.41, 5.74) is 2.24. The van der Waals surface area contributed by atoms with E-state index in [1.165, 1.54) is 11.1 Å². The molecule has 32 heavy (non-hydrogen) atoms. The molecule has 1 amide bonds. The fraction of sp³-hybridized carbons (Fsp3) is 0.536. The van der Waals surface area contributed by atoms with Crippen molar-refractivity contribution in [3.63, 3.8) is 0 Å². The number of carbonyl (C=O) groups excluding carboxylic acids is 1. The number of likely N-dealkylation sites (tertiary alicyclic amines) is 1. The molecule has 1 aliphatic carbocycles. The number of fused-ring (bicyclic) bond motifs is 1. The van der Waals surface area contributed by atoms with Gasteiger partial charge >= 0.3 is 0 Å². The van der Waals surface area contributed by atoms with Crippen LogP contribution < -0.4 is 10.6 Å². The Morgan fingerprint density at radius 2 is 1.78 bits per heavy atom. The van der Waals surface area contributed by atoms with Gasteiger partial charge in [-0.15, -0.1) is 0 Å². The molecule has 3 saturated heterocycles. The summed E-state index contributed by atoms with van der Waals surface area (Å²) < 4.78 is 0. The lowest BCUT2D eigenvalue weighted by Crippen LogP contribution is -2.74. The summed E-state index contributed by atoms with van der Waals surface area (Å²) in [6, 6.07) is 21.8. The van der Waals surface area contributed by atoms with E-state index in [-0.39, 0.29) is 5.91 Å². The second kappa shape index (κ2) is 8.99. The van der Waals surface area contributed by atoms with Gasteiger partial charge in [0, 0.05) is 38.1 Å². The van der Waals surface area contributed by atoms with Crippen molar-refractivity contribution in [2.75, 3.05) is 19.6 Å². The van der Waals surface area contributed by atoms with Crippen LogP contribution in [0.4, 0.5) is 0 Å². The lowest BCUT2D eigenvalue weighted by molar-refractivity contribution is -0.139. The van der Waals surface area contributed by atoms with Crippen molar-refractivity contribution >= 4 is 5.91 Å². The van der Waals surface area contributed by atoms with E-state index < -0.39 is 5.54 Å². The topological polar surface area (TPSA) is 44.4 Å². The fourth-order valence-electron chi connectivity index (χ4n) is 6.82. The van der Waals surface area contributed by atoms with Crippen LogP contribution in [0.3, 0.4) is 0 Å². The van der Waals surface area contributed by atoms with Crippen LogP contribution in [0.2, 0.25) is 0 Å². The average Bonchev–Trinajstić information content (AvgIpc) is 3.10. The third kappa shape index (κ3) is 3.99. The number of carbonyl (C=O) groups is 1. The molecule has 5 atom stereocenters. The highest BCUT2D eigenvalue weighted by Gasteiger charge is 2.64. The molecule has 0 aromatic heterocycles. The zero-order chi connectivity index (χ0) is 22.1. The fourth-order valence-corrected chi connectivity index (χ4v) is 6.82. The summed E-state index contributed by atoms with van der Waals surface area (Å²) >= 11 is 0. The highest BCUT2D eigenvalue weighted by atomic mass is 16.2. The molecular formula is C28H37N3O. The van der Waals surface area contributed by atoms with Gasteiger partial charge in [-0.2, -0.15) is 0 Å². The second-order valence-electron chi connectivity index (χ2n) is 10.6. The van der Waals surface area contributed by atoms with Gasteiger partial charge in [-0.25, -0.2) is 0 Å². The van der Waals surface area contributed by atoms with Crippen LogP contribution in [0.5, 0.6) is 0 Å². The number of hydrogen-bond acceptors (Lipinski definition) is 3. The highest BCUT2D eigenvalue weighted by Crippen LogP contribution is 2.53. The second-order valence-corrected chi connectivity index (χ2v) is 10.6. The summed E-state index contributed by atoms with van der Waals surface area (Å²) in [6.07, 6.45) is 2.96. The predicted octanol–water partition coefficient (Wildman–Crippen LogP) is 3.87. The largest absolute Gasteiger partial charge is 0.354 e. The first-order valence-corrected chi connectivity index (χ1v) is 12.4. The van der Waals surface area contributed by atoms with E-state index in [9.17, 15) is 4.79 Å². The lowest BCUT2D eigenvalue weighted by atomic mass is 9.57. The molecule has 2 aromatic rings. The number of hydrogen-bond donors (Lipinski definition) is 2. The van der Waals surface area contributed by atoms with Gasteiger partial charge in [0.25, 0.3) is 0 Å². The Labute approximate surface area is 192 Å². The number of piperidine rings is 2. The number of nitrogens with one attached hydrogen (secondary N) is 2. The number of rotatable bonds is 8. The summed E-state index contributed by atoms with van der Waals surface area (Å²) in [4.78, 5) is 16.5. The summed E-state index contributed by atoms with van der Waals surface area (Å²) in [7, 11) is 0. The SMILES string of the molecule is CC(C)C[C@H]1[C@@H]2[C@@H]3CN[C@@]1(C(=O)NCCc1ccccc1)C[C@@H]3CN2Cc1ccccc1. The third-order valence-corrected chi connectivity index (χ3v) is 8.12. The first-order chi connectivity index (χ1) is 15.6. The molecular weight excluding hydrogens is 394 g/mol. The molecule has 6 rings (SSSR count). The molecule has 4 fully saturated rings. The Morgan fingerprint density at radius 1 is 1.09 bits per heavy atom. The monoisotopic (exact) mass is 431 g/mol. The van der Waals surface area contributed by atoms with Crippen molar-refractivity contribution in [3.05, 3.63) is 71.8 Å². The molecule has 4 nitrogen and oxygen atoms in total. The Kier molecular flexibility index (Phi) is 6.09. The van der Waals surface area contributed by atoms with Crippen LogP contribution in [0.25, 0.3) is 0 Å². The highest BCUT2D eigenvalue weighted by molar-refractivity contribution is 5.87. The van der Waals surface area contributed by atoms with Crippen molar-refractivity contribution in [2.45, 2.75) is 51.2 Å². The van der Waals surface area contributed by atoms with Crippen LogP contribution in [0.15, 0.2) is 60.7 Å². The summed E-state index contributed by atoms with van der Waals surface area (Å²) in [6.45, 7) is 8.40. The molecule has 0 unspecified atom stereocenters. The Hall–Kier alpha value is -2.17. The smallest absolute Gasteiger partial charge is 0.240 e. The van der Waals surface area contributed by atoms with Crippen LogP contribution in [0.1, 0.15) is 37.8 Å². The van der Waals surface area contributed by atoms with E-state index in [1.54, 1.807) is 0 Å². The summed E-state index contributed by atoms with van der Waals surface area (Å²) in [5.74, 6) is 2.46. The lowest BCUT2D eigenvalue weighted by Gasteiger charge is -2.56. The molecule has 3 heterocycles. The van der Waals surface area contributed by atoms with Crippen molar-refractivity contribution < 1.29 is 4.79 Å². The van der Waals surface area contributed by atoms with E-state index >= 15 is 0 Å². The van der Waals surface area contributed by atoms with Gasteiger partial charge < -0.3 is 10.6 Å². The van der Waals surface area contributed by atoms with E-state index in [0.29, 0.717) is 36.3 Å². The molecule has 2 aromatic carbocycles. The molecule has 2 N–H and O–H groups in total. The maximum Gasteiger partial charge on any atom is 0.240 e. The van der Waals surface area contributed by atoms with E-state index in [4.69, 9.17) is 0 Å². The van der Waals surface area contributed by atoms with E-state index in [1.807, 2.05) is 6.07 Å². The molecule has 170 valence electrons. The Balaban J connectivity index is 1.35. The first kappa shape index (κ1) is 21.7. The normalized spacial score (nSPS) is 31.2. The van der Waals surface area contributed by atoms with Gasteiger partial charge in [-0.3, -0.25) is 9.69 Å². The van der Waals surface area contributed by atoms with Crippen molar-refractivity contribution in [3.8, 4) is 0 Å². The van der Waals surface area contributed by atoms with E-state index in [2.05, 4.69) is 84.0 Å². The zero-order valence-electron chi connectivity index (χ0n) is 19.5. The minimum absolute atomic E-state index is 0.230. The molecule has 3 aliphatic heterocycles. The van der Waals surface area contributed by atoms with Crippen molar-refractivity contribution in [1.29, 1.82) is 0 Å². The third-order valence-electron chi connectivity index (χ3n) is 8.12. The minimum Gasteiger partial charge on any atom is -0.354 e. The van der Waals surface area contributed by atoms with Gasteiger partial charge in [-0.05, 0) is 48.1 Å². The van der Waals surface area contributed by atoms with E-state index in [0.717, 1.165) is 38.9 Å². The molecule has 1 saturated carbocycles. The van der Waals surface area contributed by atoms with Gasteiger partial charge in [0.15, 0.2) is 0 Å². The maximum absolute atomic E-state index is 13.7. The van der Waals surface area contributed by atoms with Crippen LogP contribution in [-0.2, 0) is 17.8 Å². The number of nitrogens with zero attached hydrogens (tertiary/aromatic N) is 1. The Bertz CT molecular complexity index is 915. The van der Waals surface area contributed by atoms with Crippen molar-refractivity contribution in [1.82, 2.24) is 15.5 Å². The van der Waals surface area contributed by atoms with Crippen LogP contribution in [-0.4, -0.2) is 42.0 Å². The van der Waals surface area contributed by atoms with Crippen LogP contribution >= 0.6 is 0 Å². The molecule has 0 radical (unpaired) electrons. The van der Waals surface area contributed by atoms with Gasteiger partial charge in [0.1, 0.15) is 5.54 Å². The minimum atomic E-state index is -0.420. The molecule has 4 aliphatic rings. The van der Waals surface area contributed by atoms with Crippen LogP contribution in [0, 0.1) is 23.7 Å². The quantitative estimate of drug-likeness (QED) is 0.667.